The van der Waals surface area contributed by atoms with Gasteiger partial charge in [-0.3, -0.25) is 9.59 Å². The van der Waals surface area contributed by atoms with Crippen molar-refractivity contribution in [3.63, 3.8) is 0 Å². The number of benzene rings is 3. The first kappa shape index (κ1) is 23.9. The number of amides is 2. The van der Waals surface area contributed by atoms with E-state index in [2.05, 4.69) is 10.0 Å². The maximum Gasteiger partial charge on any atom is 0.240 e. The molecule has 1 aliphatic rings. The van der Waals surface area contributed by atoms with Crippen molar-refractivity contribution in [1.29, 1.82) is 0 Å². The summed E-state index contributed by atoms with van der Waals surface area (Å²) in [5.74, 6) is -0.206. The normalized spacial score (nSPS) is 14.8. The fourth-order valence-electron chi connectivity index (χ4n) is 4.19. The van der Waals surface area contributed by atoms with Gasteiger partial charge in [-0.25, -0.2) is 13.1 Å². The van der Waals surface area contributed by atoms with E-state index < -0.39 is 10.0 Å². The van der Waals surface area contributed by atoms with Gasteiger partial charge in [0.1, 0.15) is 0 Å². The summed E-state index contributed by atoms with van der Waals surface area (Å²) in [6, 6.07) is 22.3. The summed E-state index contributed by atoms with van der Waals surface area (Å²) in [6.45, 7) is 1.53. The van der Waals surface area contributed by atoms with E-state index >= 15 is 0 Å². The van der Waals surface area contributed by atoms with E-state index in [-0.39, 0.29) is 35.6 Å². The number of fused-ring (bicyclic) bond motifs is 1. The van der Waals surface area contributed by atoms with E-state index in [4.69, 9.17) is 0 Å². The third kappa shape index (κ3) is 6.01. The molecule has 2 amide bonds. The molecule has 3 aromatic rings. The van der Waals surface area contributed by atoms with Gasteiger partial charge in [0.05, 0.1) is 4.90 Å². The lowest BCUT2D eigenvalue weighted by Gasteiger charge is -2.31. The molecular formula is C26H29N3O4S. The van der Waals surface area contributed by atoms with Crippen LogP contribution < -0.4 is 10.0 Å². The Hall–Kier alpha value is -3.23. The van der Waals surface area contributed by atoms with Crippen molar-refractivity contribution in [2.24, 2.45) is 5.92 Å². The van der Waals surface area contributed by atoms with Crippen LogP contribution in [0.5, 0.6) is 0 Å². The van der Waals surface area contributed by atoms with Crippen molar-refractivity contribution in [3.8, 4) is 0 Å². The molecule has 0 radical (unpaired) electrons. The summed E-state index contributed by atoms with van der Waals surface area (Å²) in [4.78, 5) is 26.9. The lowest BCUT2D eigenvalue weighted by molar-refractivity contribution is -0.135. The molecule has 0 unspecified atom stereocenters. The first-order valence-electron chi connectivity index (χ1n) is 11.5. The van der Waals surface area contributed by atoms with Crippen molar-refractivity contribution >= 4 is 32.6 Å². The molecule has 1 aliphatic heterocycles. The fraction of sp³-hybridized carbons (Fsp3) is 0.308. The number of sulfonamides is 1. The van der Waals surface area contributed by atoms with Crippen LogP contribution >= 0.6 is 0 Å². The largest absolute Gasteiger partial charge is 0.352 e. The Labute approximate surface area is 200 Å². The number of hydrogen-bond donors (Lipinski definition) is 2. The predicted octanol–water partition coefficient (Wildman–Crippen LogP) is 3.06. The Bertz CT molecular complexity index is 1250. The van der Waals surface area contributed by atoms with Crippen molar-refractivity contribution < 1.29 is 18.0 Å². The lowest BCUT2D eigenvalue weighted by atomic mass is 9.95. The Morgan fingerprint density at radius 2 is 1.56 bits per heavy atom. The van der Waals surface area contributed by atoms with Gasteiger partial charge in [0, 0.05) is 38.5 Å². The van der Waals surface area contributed by atoms with E-state index in [0.29, 0.717) is 32.5 Å². The molecule has 4 rings (SSSR count). The third-order valence-corrected chi connectivity index (χ3v) is 7.65. The molecule has 0 bridgehead atoms. The Morgan fingerprint density at radius 1 is 0.882 bits per heavy atom. The molecule has 8 heteroatoms. The van der Waals surface area contributed by atoms with Gasteiger partial charge in [0.25, 0.3) is 0 Å². The van der Waals surface area contributed by atoms with Crippen LogP contribution in [0, 0.1) is 5.92 Å². The summed E-state index contributed by atoms with van der Waals surface area (Å²) in [6.07, 6.45) is 1.29. The first-order chi connectivity index (χ1) is 16.4. The van der Waals surface area contributed by atoms with Gasteiger partial charge in [-0.1, -0.05) is 60.7 Å². The standard InChI is InChI=1S/C26H29N3O4S/c30-25(12-15-28-34(32,33)24-11-10-21-8-4-5-9-23(21)18-24)29-16-13-22(14-17-29)26(31)27-19-20-6-2-1-3-7-20/h1-11,18,22,28H,12-17,19H2,(H,27,31). The van der Waals surface area contributed by atoms with Gasteiger partial charge < -0.3 is 10.2 Å². The topological polar surface area (TPSA) is 95.6 Å². The molecule has 178 valence electrons. The van der Waals surface area contributed by atoms with Crippen LogP contribution in [0.2, 0.25) is 0 Å². The lowest BCUT2D eigenvalue weighted by Crippen LogP contribution is -2.43. The third-order valence-electron chi connectivity index (χ3n) is 6.19. The Balaban J connectivity index is 1.21. The van der Waals surface area contributed by atoms with Crippen LogP contribution in [0.1, 0.15) is 24.8 Å². The molecule has 7 nitrogen and oxygen atoms in total. The summed E-state index contributed by atoms with van der Waals surface area (Å²) in [5.41, 5.74) is 1.05. The second-order valence-corrected chi connectivity index (χ2v) is 10.3. The molecule has 0 atom stereocenters. The second kappa shape index (κ2) is 10.8. The van der Waals surface area contributed by atoms with E-state index in [1.54, 1.807) is 23.1 Å². The van der Waals surface area contributed by atoms with E-state index in [0.717, 1.165) is 16.3 Å². The van der Waals surface area contributed by atoms with Gasteiger partial charge in [0.2, 0.25) is 21.8 Å². The van der Waals surface area contributed by atoms with Gasteiger partial charge >= 0.3 is 0 Å². The number of carbonyl (C=O) groups excluding carboxylic acids is 2. The van der Waals surface area contributed by atoms with Gasteiger partial charge in [-0.2, -0.15) is 0 Å². The van der Waals surface area contributed by atoms with Crippen LogP contribution in [0.4, 0.5) is 0 Å². The minimum Gasteiger partial charge on any atom is -0.352 e. The van der Waals surface area contributed by atoms with Crippen LogP contribution in [0.15, 0.2) is 77.7 Å². The van der Waals surface area contributed by atoms with Crippen molar-refractivity contribution in [2.45, 2.75) is 30.7 Å². The Kier molecular flexibility index (Phi) is 7.59. The summed E-state index contributed by atoms with van der Waals surface area (Å²) in [5, 5.41) is 4.78. The number of nitrogens with zero attached hydrogens (tertiary/aromatic N) is 1. The molecule has 34 heavy (non-hydrogen) atoms. The number of hydrogen-bond acceptors (Lipinski definition) is 4. The van der Waals surface area contributed by atoms with Crippen molar-refractivity contribution in [3.05, 3.63) is 78.4 Å². The van der Waals surface area contributed by atoms with E-state index in [9.17, 15) is 18.0 Å². The quantitative estimate of drug-likeness (QED) is 0.519. The van der Waals surface area contributed by atoms with Crippen LogP contribution in [0.3, 0.4) is 0 Å². The smallest absolute Gasteiger partial charge is 0.240 e. The minimum atomic E-state index is -3.70. The maximum absolute atomic E-state index is 12.6. The van der Waals surface area contributed by atoms with Crippen molar-refractivity contribution in [2.75, 3.05) is 19.6 Å². The molecule has 1 saturated heterocycles. The highest BCUT2D eigenvalue weighted by Crippen LogP contribution is 2.20. The van der Waals surface area contributed by atoms with Gasteiger partial charge in [0.15, 0.2) is 0 Å². The monoisotopic (exact) mass is 479 g/mol. The zero-order valence-corrected chi connectivity index (χ0v) is 19.8. The fourth-order valence-corrected chi connectivity index (χ4v) is 5.26. The molecule has 1 heterocycles. The molecule has 0 spiro atoms. The zero-order chi connectivity index (χ0) is 24.0. The number of nitrogens with one attached hydrogen (secondary N) is 2. The van der Waals surface area contributed by atoms with E-state index in [1.807, 2.05) is 54.6 Å². The highest BCUT2D eigenvalue weighted by atomic mass is 32.2. The van der Waals surface area contributed by atoms with Crippen LogP contribution in [-0.2, 0) is 26.2 Å². The number of piperidine rings is 1. The highest BCUT2D eigenvalue weighted by Gasteiger charge is 2.27. The summed E-state index contributed by atoms with van der Waals surface area (Å²) in [7, 11) is -3.70. The zero-order valence-electron chi connectivity index (χ0n) is 18.9. The Morgan fingerprint density at radius 3 is 2.29 bits per heavy atom. The molecule has 0 aromatic heterocycles. The molecular weight excluding hydrogens is 450 g/mol. The highest BCUT2D eigenvalue weighted by molar-refractivity contribution is 7.89. The second-order valence-electron chi connectivity index (χ2n) is 8.52. The van der Waals surface area contributed by atoms with Crippen LogP contribution in [0.25, 0.3) is 10.8 Å². The first-order valence-corrected chi connectivity index (χ1v) is 13.0. The molecule has 2 N–H and O–H groups in total. The van der Waals surface area contributed by atoms with Gasteiger partial charge in [-0.15, -0.1) is 0 Å². The van der Waals surface area contributed by atoms with Gasteiger partial charge in [-0.05, 0) is 41.3 Å². The molecule has 0 aliphatic carbocycles. The summed E-state index contributed by atoms with van der Waals surface area (Å²) >= 11 is 0. The number of carbonyl (C=O) groups is 2. The van der Waals surface area contributed by atoms with Crippen molar-refractivity contribution in [1.82, 2.24) is 14.9 Å². The molecule has 3 aromatic carbocycles. The minimum absolute atomic E-state index is 0.0131. The average molecular weight is 480 g/mol. The summed E-state index contributed by atoms with van der Waals surface area (Å²) < 4.78 is 27.8. The van der Waals surface area contributed by atoms with Crippen LogP contribution in [-0.4, -0.2) is 44.8 Å². The number of rotatable bonds is 8. The SMILES string of the molecule is O=C(NCc1ccccc1)C1CCN(C(=O)CCNS(=O)(=O)c2ccc3ccccc3c2)CC1. The molecule has 1 fully saturated rings. The van der Waals surface area contributed by atoms with E-state index in [1.165, 1.54) is 0 Å². The number of likely N-dealkylation sites (tertiary alicyclic amines) is 1. The molecule has 0 saturated carbocycles. The maximum atomic E-state index is 12.6. The average Bonchev–Trinajstić information content (AvgIpc) is 2.87. The predicted molar refractivity (Wildman–Crippen MR) is 131 cm³/mol.